The molecule has 29 heavy (non-hydrogen) atoms. The molecule has 8 heteroatoms. The van der Waals surface area contributed by atoms with Crippen molar-refractivity contribution in [3.05, 3.63) is 78.1 Å². The Hall–Kier alpha value is -3.55. The Bertz CT molecular complexity index is 958. The monoisotopic (exact) mass is 392 g/mol. The van der Waals surface area contributed by atoms with Gasteiger partial charge in [-0.05, 0) is 48.0 Å². The Morgan fingerprint density at radius 2 is 1.69 bits per heavy atom. The topological polar surface area (TPSA) is 74.2 Å². The molecule has 1 N–H and O–H groups in total. The predicted molar refractivity (Wildman–Crippen MR) is 108 cm³/mol. The number of aromatic nitrogens is 3. The van der Waals surface area contributed by atoms with Crippen molar-refractivity contribution in [3.63, 3.8) is 0 Å². The summed E-state index contributed by atoms with van der Waals surface area (Å²) in [7, 11) is 0. The molecule has 2 aromatic heterocycles. The molecule has 0 radical (unpaired) electrons. The fourth-order valence-corrected chi connectivity index (χ4v) is 3.23. The van der Waals surface area contributed by atoms with Gasteiger partial charge in [-0.3, -0.25) is 9.78 Å². The van der Waals surface area contributed by atoms with Gasteiger partial charge in [0.15, 0.2) is 0 Å². The molecule has 3 heterocycles. The van der Waals surface area contributed by atoms with Crippen molar-refractivity contribution in [1.29, 1.82) is 0 Å². The number of nitrogens with one attached hydrogen (secondary N) is 1. The van der Waals surface area contributed by atoms with Gasteiger partial charge < -0.3 is 15.1 Å². The van der Waals surface area contributed by atoms with Crippen molar-refractivity contribution in [2.24, 2.45) is 0 Å². The number of pyridine rings is 1. The van der Waals surface area contributed by atoms with Gasteiger partial charge in [0, 0.05) is 57.0 Å². The van der Waals surface area contributed by atoms with Gasteiger partial charge in [0.2, 0.25) is 5.95 Å². The smallest absolute Gasteiger partial charge is 0.272 e. The Labute approximate surface area is 168 Å². The zero-order valence-electron chi connectivity index (χ0n) is 15.8. The van der Waals surface area contributed by atoms with Crippen molar-refractivity contribution >= 4 is 17.5 Å². The van der Waals surface area contributed by atoms with E-state index in [4.69, 9.17) is 0 Å². The fraction of sp³-hybridized carbons (Fsp3) is 0.238. The van der Waals surface area contributed by atoms with Crippen LogP contribution in [-0.2, 0) is 6.54 Å². The summed E-state index contributed by atoms with van der Waals surface area (Å²) >= 11 is 0. The van der Waals surface area contributed by atoms with E-state index < -0.39 is 0 Å². The molecule has 0 aliphatic carbocycles. The molecule has 1 amide bonds. The van der Waals surface area contributed by atoms with Crippen LogP contribution in [0.2, 0.25) is 0 Å². The number of rotatable bonds is 5. The lowest BCUT2D eigenvalue weighted by atomic mass is 10.2. The van der Waals surface area contributed by atoms with E-state index in [2.05, 4.69) is 25.2 Å². The van der Waals surface area contributed by atoms with Crippen LogP contribution in [0.25, 0.3) is 0 Å². The average Bonchev–Trinajstić information content (AvgIpc) is 2.79. The van der Waals surface area contributed by atoms with Gasteiger partial charge >= 0.3 is 0 Å². The van der Waals surface area contributed by atoms with Gasteiger partial charge in [-0.15, -0.1) is 0 Å². The second-order valence-electron chi connectivity index (χ2n) is 6.73. The van der Waals surface area contributed by atoms with Gasteiger partial charge in [0.25, 0.3) is 5.91 Å². The highest BCUT2D eigenvalue weighted by Gasteiger charge is 2.23. The summed E-state index contributed by atoms with van der Waals surface area (Å²) in [6.45, 7) is 3.10. The molecule has 0 saturated carbocycles. The molecule has 4 rings (SSSR count). The lowest BCUT2D eigenvalue weighted by molar-refractivity contribution is 0.0741. The van der Waals surface area contributed by atoms with Crippen molar-refractivity contribution in [2.75, 3.05) is 36.4 Å². The first-order valence-corrected chi connectivity index (χ1v) is 9.45. The Morgan fingerprint density at radius 1 is 0.966 bits per heavy atom. The molecular weight excluding hydrogens is 371 g/mol. The predicted octanol–water partition coefficient (Wildman–Crippen LogP) is 2.59. The van der Waals surface area contributed by atoms with E-state index in [1.165, 1.54) is 12.1 Å². The minimum Gasteiger partial charge on any atom is -0.368 e. The number of hydrogen-bond acceptors (Lipinski definition) is 6. The number of anilines is 2. The van der Waals surface area contributed by atoms with Crippen LogP contribution in [0.1, 0.15) is 16.1 Å². The first-order chi connectivity index (χ1) is 14.2. The average molecular weight is 392 g/mol. The quantitative estimate of drug-likeness (QED) is 0.720. The van der Waals surface area contributed by atoms with Crippen LogP contribution in [0.5, 0.6) is 0 Å². The molecule has 1 saturated heterocycles. The SMILES string of the molecule is O=C(c1ccnc(NCc2ccncc2)n1)N1CCN(c2ccc(F)cc2)CC1. The van der Waals surface area contributed by atoms with Gasteiger partial charge in [0.1, 0.15) is 11.5 Å². The van der Waals surface area contributed by atoms with Gasteiger partial charge in [-0.25, -0.2) is 14.4 Å². The normalized spacial score (nSPS) is 14.0. The van der Waals surface area contributed by atoms with E-state index in [0.29, 0.717) is 44.4 Å². The van der Waals surface area contributed by atoms with Gasteiger partial charge in [-0.2, -0.15) is 0 Å². The van der Waals surface area contributed by atoms with Crippen molar-refractivity contribution < 1.29 is 9.18 Å². The largest absolute Gasteiger partial charge is 0.368 e. The highest BCUT2D eigenvalue weighted by Crippen LogP contribution is 2.18. The first-order valence-electron chi connectivity index (χ1n) is 9.45. The number of piperazine rings is 1. The third-order valence-corrected chi connectivity index (χ3v) is 4.83. The highest BCUT2D eigenvalue weighted by molar-refractivity contribution is 5.92. The number of nitrogens with zero attached hydrogens (tertiary/aromatic N) is 5. The number of carbonyl (C=O) groups excluding carboxylic acids is 1. The van der Waals surface area contributed by atoms with Crippen LogP contribution >= 0.6 is 0 Å². The zero-order chi connectivity index (χ0) is 20.1. The van der Waals surface area contributed by atoms with E-state index in [9.17, 15) is 9.18 Å². The van der Waals surface area contributed by atoms with Crippen molar-refractivity contribution in [2.45, 2.75) is 6.54 Å². The van der Waals surface area contributed by atoms with Crippen molar-refractivity contribution in [1.82, 2.24) is 19.9 Å². The van der Waals surface area contributed by atoms with E-state index >= 15 is 0 Å². The van der Waals surface area contributed by atoms with Crippen LogP contribution in [0.15, 0.2) is 61.1 Å². The van der Waals surface area contributed by atoms with Gasteiger partial charge in [0.05, 0.1) is 0 Å². The van der Waals surface area contributed by atoms with Crippen molar-refractivity contribution in [3.8, 4) is 0 Å². The summed E-state index contributed by atoms with van der Waals surface area (Å²) in [6, 6.07) is 11.9. The number of hydrogen-bond donors (Lipinski definition) is 1. The van der Waals surface area contributed by atoms with Crippen LogP contribution in [0, 0.1) is 5.82 Å². The summed E-state index contributed by atoms with van der Waals surface area (Å²) in [5.74, 6) is 0.0513. The second-order valence-corrected chi connectivity index (χ2v) is 6.73. The molecule has 0 atom stereocenters. The van der Waals surface area contributed by atoms with E-state index in [0.717, 1.165) is 11.3 Å². The Morgan fingerprint density at radius 3 is 2.41 bits per heavy atom. The third kappa shape index (κ3) is 4.66. The minimum atomic E-state index is -0.250. The first kappa shape index (κ1) is 18.8. The summed E-state index contributed by atoms with van der Waals surface area (Å²) in [5, 5.41) is 3.13. The molecule has 1 aliphatic rings. The van der Waals surface area contributed by atoms with E-state index in [1.807, 2.05) is 12.1 Å². The van der Waals surface area contributed by atoms with E-state index in [1.54, 1.807) is 41.7 Å². The Balaban J connectivity index is 1.35. The maximum Gasteiger partial charge on any atom is 0.272 e. The molecule has 1 aliphatic heterocycles. The summed E-state index contributed by atoms with van der Waals surface area (Å²) in [5.41, 5.74) is 2.38. The molecule has 1 aromatic carbocycles. The second kappa shape index (κ2) is 8.64. The number of benzene rings is 1. The maximum atomic E-state index is 13.1. The number of carbonyl (C=O) groups is 1. The molecular formula is C21H21FN6O. The van der Waals surface area contributed by atoms with Crippen LogP contribution in [-0.4, -0.2) is 51.9 Å². The standard InChI is InChI=1S/C21H21FN6O/c22-17-1-3-18(4-2-17)27-11-13-28(14-12-27)20(29)19-7-10-24-21(26-19)25-15-16-5-8-23-9-6-16/h1-10H,11-15H2,(H,24,25,26). The molecule has 1 fully saturated rings. The minimum absolute atomic E-state index is 0.113. The lowest BCUT2D eigenvalue weighted by Crippen LogP contribution is -2.49. The van der Waals surface area contributed by atoms with Crippen LogP contribution < -0.4 is 10.2 Å². The molecule has 0 spiro atoms. The zero-order valence-corrected chi connectivity index (χ0v) is 15.8. The number of halogens is 1. The lowest BCUT2D eigenvalue weighted by Gasteiger charge is -2.36. The molecule has 148 valence electrons. The summed E-state index contributed by atoms with van der Waals surface area (Å²) in [4.78, 5) is 29.3. The highest BCUT2D eigenvalue weighted by atomic mass is 19.1. The molecule has 3 aromatic rings. The third-order valence-electron chi connectivity index (χ3n) is 4.83. The van der Waals surface area contributed by atoms with Crippen LogP contribution in [0.4, 0.5) is 16.0 Å². The Kier molecular flexibility index (Phi) is 5.60. The fourth-order valence-electron chi connectivity index (χ4n) is 3.23. The summed E-state index contributed by atoms with van der Waals surface area (Å²) in [6.07, 6.45) is 5.04. The summed E-state index contributed by atoms with van der Waals surface area (Å²) < 4.78 is 13.1. The molecule has 0 unspecified atom stereocenters. The number of amides is 1. The van der Waals surface area contributed by atoms with Crippen LogP contribution in [0.3, 0.4) is 0 Å². The molecule has 7 nitrogen and oxygen atoms in total. The maximum absolute atomic E-state index is 13.1. The van der Waals surface area contributed by atoms with E-state index in [-0.39, 0.29) is 11.7 Å². The van der Waals surface area contributed by atoms with Gasteiger partial charge in [-0.1, -0.05) is 0 Å². The molecule has 0 bridgehead atoms.